The van der Waals surface area contributed by atoms with Gasteiger partial charge in [-0.25, -0.2) is 4.98 Å². The van der Waals surface area contributed by atoms with Gasteiger partial charge in [0.1, 0.15) is 5.69 Å². The average Bonchev–Trinajstić information content (AvgIpc) is 3.06. The number of aliphatic hydroxyl groups is 1. The van der Waals surface area contributed by atoms with E-state index in [1.807, 2.05) is 0 Å². The first kappa shape index (κ1) is 12.5. The Morgan fingerprint density at radius 2 is 2.41 bits per heavy atom. The summed E-state index contributed by atoms with van der Waals surface area (Å²) in [4.78, 5) is 18.2. The van der Waals surface area contributed by atoms with Crippen LogP contribution < -0.4 is 5.73 Å². The standard InChI is InChI=1S/C11H17N3O2S/c12-4-3-10-13-9(7-17-10)11(16)14(5-6-15)8-1-2-8/h7-8,15H,1-6,12H2. The highest BCUT2D eigenvalue weighted by Gasteiger charge is 2.33. The summed E-state index contributed by atoms with van der Waals surface area (Å²) < 4.78 is 0. The lowest BCUT2D eigenvalue weighted by molar-refractivity contribution is 0.0702. The van der Waals surface area contributed by atoms with Crippen molar-refractivity contribution in [3.63, 3.8) is 0 Å². The summed E-state index contributed by atoms with van der Waals surface area (Å²) in [7, 11) is 0. The third kappa shape index (κ3) is 3.02. The molecule has 3 N–H and O–H groups in total. The van der Waals surface area contributed by atoms with E-state index in [0.717, 1.165) is 17.8 Å². The molecule has 0 radical (unpaired) electrons. The van der Waals surface area contributed by atoms with Gasteiger partial charge in [-0.05, 0) is 19.4 Å². The molecule has 0 unspecified atom stereocenters. The van der Waals surface area contributed by atoms with Gasteiger partial charge in [0.2, 0.25) is 0 Å². The van der Waals surface area contributed by atoms with Crippen LogP contribution in [-0.4, -0.2) is 46.6 Å². The van der Waals surface area contributed by atoms with Crippen LogP contribution in [-0.2, 0) is 6.42 Å². The Labute approximate surface area is 104 Å². The summed E-state index contributed by atoms with van der Waals surface area (Å²) in [5, 5.41) is 11.6. The van der Waals surface area contributed by atoms with Crippen LogP contribution in [0.5, 0.6) is 0 Å². The van der Waals surface area contributed by atoms with E-state index in [2.05, 4.69) is 4.98 Å². The Morgan fingerprint density at radius 3 is 3.00 bits per heavy atom. The molecule has 1 aliphatic carbocycles. The highest BCUT2D eigenvalue weighted by Crippen LogP contribution is 2.28. The average molecular weight is 255 g/mol. The van der Waals surface area contributed by atoms with Crippen LogP contribution in [0.25, 0.3) is 0 Å². The number of hydrogen-bond donors (Lipinski definition) is 2. The van der Waals surface area contributed by atoms with E-state index in [1.165, 1.54) is 11.3 Å². The highest BCUT2D eigenvalue weighted by molar-refractivity contribution is 7.09. The number of nitrogens with two attached hydrogens (primary N) is 1. The van der Waals surface area contributed by atoms with Crippen LogP contribution in [0.4, 0.5) is 0 Å². The number of hydrogen-bond acceptors (Lipinski definition) is 5. The number of aliphatic hydroxyl groups excluding tert-OH is 1. The number of rotatable bonds is 6. The molecule has 1 aromatic rings. The molecular weight excluding hydrogens is 238 g/mol. The first-order chi connectivity index (χ1) is 8.26. The zero-order valence-electron chi connectivity index (χ0n) is 9.63. The van der Waals surface area contributed by atoms with Gasteiger partial charge in [0.15, 0.2) is 0 Å². The van der Waals surface area contributed by atoms with Crippen molar-refractivity contribution in [2.24, 2.45) is 5.73 Å². The molecule has 1 saturated carbocycles. The van der Waals surface area contributed by atoms with Crippen LogP contribution in [0, 0.1) is 0 Å². The smallest absolute Gasteiger partial charge is 0.273 e. The molecule has 0 atom stereocenters. The molecule has 1 amide bonds. The summed E-state index contributed by atoms with van der Waals surface area (Å²) in [5.41, 5.74) is 5.93. The minimum Gasteiger partial charge on any atom is -0.395 e. The summed E-state index contributed by atoms with van der Waals surface area (Å²) in [6.07, 6.45) is 2.78. The molecule has 17 heavy (non-hydrogen) atoms. The maximum atomic E-state index is 12.2. The van der Waals surface area contributed by atoms with E-state index in [9.17, 15) is 4.79 Å². The number of carbonyl (C=O) groups is 1. The Hall–Kier alpha value is -0.980. The topological polar surface area (TPSA) is 79.5 Å². The molecule has 2 rings (SSSR count). The van der Waals surface area contributed by atoms with E-state index in [1.54, 1.807) is 10.3 Å². The first-order valence-electron chi connectivity index (χ1n) is 5.82. The summed E-state index contributed by atoms with van der Waals surface area (Å²) in [6.45, 7) is 0.944. The van der Waals surface area contributed by atoms with Crippen molar-refractivity contribution < 1.29 is 9.90 Å². The predicted molar refractivity (Wildman–Crippen MR) is 66.0 cm³/mol. The second-order valence-electron chi connectivity index (χ2n) is 4.12. The number of carbonyl (C=O) groups excluding carboxylic acids is 1. The molecule has 5 nitrogen and oxygen atoms in total. The van der Waals surface area contributed by atoms with Gasteiger partial charge in [-0.15, -0.1) is 11.3 Å². The Morgan fingerprint density at radius 1 is 1.65 bits per heavy atom. The predicted octanol–water partition coefficient (Wildman–Crippen LogP) is 0.241. The zero-order chi connectivity index (χ0) is 12.3. The van der Waals surface area contributed by atoms with Gasteiger partial charge in [-0.2, -0.15) is 0 Å². The summed E-state index contributed by atoms with van der Waals surface area (Å²) >= 11 is 1.47. The third-order valence-corrected chi connectivity index (χ3v) is 3.63. The van der Waals surface area contributed by atoms with Crippen molar-refractivity contribution in [3.05, 3.63) is 16.1 Å². The van der Waals surface area contributed by atoms with Crippen LogP contribution in [0.1, 0.15) is 28.3 Å². The van der Waals surface area contributed by atoms with Gasteiger partial charge in [-0.1, -0.05) is 0 Å². The molecule has 1 aliphatic rings. The van der Waals surface area contributed by atoms with Gasteiger partial charge in [0.05, 0.1) is 11.6 Å². The third-order valence-electron chi connectivity index (χ3n) is 2.72. The normalized spacial score (nSPS) is 14.9. The van der Waals surface area contributed by atoms with E-state index in [0.29, 0.717) is 31.2 Å². The Balaban J connectivity index is 2.05. The summed E-state index contributed by atoms with van der Waals surface area (Å²) in [6, 6.07) is 0.300. The second-order valence-corrected chi connectivity index (χ2v) is 5.06. The largest absolute Gasteiger partial charge is 0.395 e. The number of nitrogens with zero attached hydrogens (tertiary/aromatic N) is 2. The molecule has 0 spiro atoms. The van der Waals surface area contributed by atoms with E-state index >= 15 is 0 Å². The van der Waals surface area contributed by atoms with Crippen LogP contribution in [0.2, 0.25) is 0 Å². The molecule has 94 valence electrons. The fraction of sp³-hybridized carbons (Fsp3) is 0.636. The Kier molecular flexibility index (Phi) is 4.09. The van der Waals surface area contributed by atoms with Crippen molar-refractivity contribution in [1.29, 1.82) is 0 Å². The van der Waals surface area contributed by atoms with Gasteiger partial charge < -0.3 is 15.7 Å². The van der Waals surface area contributed by atoms with Crippen molar-refractivity contribution >= 4 is 17.2 Å². The molecule has 1 heterocycles. The van der Waals surface area contributed by atoms with Crippen molar-refractivity contribution in [2.75, 3.05) is 19.7 Å². The molecule has 1 aromatic heterocycles. The molecule has 1 fully saturated rings. The molecule has 0 bridgehead atoms. The molecule has 0 aliphatic heterocycles. The minimum atomic E-state index is -0.0685. The van der Waals surface area contributed by atoms with Gasteiger partial charge in [-0.3, -0.25) is 4.79 Å². The van der Waals surface area contributed by atoms with Gasteiger partial charge in [0.25, 0.3) is 5.91 Å². The van der Waals surface area contributed by atoms with Crippen LogP contribution >= 0.6 is 11.3 Å². The molecule has 0 aromatic carbocycles. The van der Waals surface area contributed by atoms with Crippen molar-refractivity contribution in [3.8, 4) is 0 Å². The lowest BCUT2D eigenvalue weighted by atomic mass is 10.3. The SMILES string of the molecule is NCCc1nc(C(=O)N(CCO)C2CC2)cs1. The monoisotopic (exact) mass is 255 g/mol. The fourth-order valence-electron chi connectivity index (χ4n) is 1.74. The van der Waals surface area contributed by atoms with Gasteiger partial charge in [0, 0.05) is 24.4 Å². The van der Waals surface area contributed by atoms with Crippen LogP contribution in [0.3, 0.4) is 0 Å². The zero-order valence-corrected chi connectivity index (χ0v) is 10.4. The lowest BCUT2D eigenvalue weighted by Crippen LogP contribution is -2.35. The van der Waals surface area contributed by atoms with Crippen molar-refractivity contribution in [2.45, 2.75) is 25.3 Å². The van der Waals surface area contributed by atoms with Gasteiger partial charge >= 0.3 is 0 Å². The maximum absolute atomic E-state index is 12.2. The fourth-order valence-corrected chi connectivity index (χ4v) is 2.53. The van der Waals surface area contributed by atoms with Crippen LogP contribution in [0.15, 0.2) is 5.38 Å². The minimum absolute atomic E-state index is 0.00202. The van der Waals surface area contributed by atoms with Crippen molar-refractivity contribution in [1.82, 2.24) is 9.88 Å². The van der Waals surface area contributed by atoms with E-state index in [4.69, 9.17) is 10.8 Å². The highest BCUT2D eigenvalue weighted by atomic mass is 32.1. The number of thiazole rings is 1. The first-order valence-corrected chi connectivity index (χ1v) is 6.70. The van der Waals surface area contributed by atoms with E-state index in [-0.39, 0.29) is 12.5 Å². The van der Waals surface area contributed by atoms with E-state index < -0.39 is 0 Å². The number of aromatic nitrogens is 1. The molecule has 6 heteroatoms. The number of amides is 1. The molecular formula is C11H17N3O2S. The lowest BCUT2D eigenvalue weighted by Gasteiger charge is -2.19. The molecule has 0 saturated heterocycles. The quantitative estimate of drug-likeness (QED) is 0.763. The maximum Gasteiger partial charge on any atom is 0.273 e. The summed E-state index contributed by atoms with van der Waals surface area (Å²) in [5.74, 6) is -0.0685. The second kappa shape index (κ2) is 5.57. The Bertz CT molecular complexity index is 390.